The van der Waals surface area contributed by atoms with Crippen LogP contribution in [-0.4, -0.2) is 4.98 Å². The summed E-state index contributed by atoms with van der Waals surface area (Å²) in [6.07, 6.45) is -2.68. The molecule has 106 valence electrons. The third-order valence-electron chi connectivity index (χ3n) is 3.23. The van der Waals surface area contributed by atoms with Crippen molar-refractivity contribution < 1.29 is 13.2 Å². The molecule has 0 bridgehead atoms. The molecule has 0 radical (unpaired) electrons. The molecule has 0 aliphatic rings. The highest BCUT2D eigenvalue weighted by atomic mass is 19.4. The van der Waals surface area contributed by atoms with Gasteiger partial charge in [0.2, 0.25) is 0 Å². The van der Waals surface area contributed by atoms with E-state index in [0.29, 0.717) is 11.1 Å². The first kappa shape index (κ1) is 14.5. The Hall–Kier alpha value is -1.88. The smallest absolute Gasteiger partial charge is 0.320 e. The van der Waals surface area contributed by atoms with Gasteiger partial charge < -0.3 is 5.73 Å². The minimum absolute atomic E-state index is 0.481. The van der Waals surface area contributed by atoms with Crippen molar-refractivity contribution in [3.8, 4) is 0 Å². The second kappa shape index (κ2) is 5.25. The molecule has 0 amide bonds. The molecule has 1 aromatic carbocycles. The molecule has 2 aromatic rings. The second-order valence-electron chi connectivity index (χ2n) is 4.78. The third-order valence-corrected chi connectivity index (χ3v) is 3.23. The fraction of sp³-hybridized carbons (Fsp3) is 0.267. The number of nitrogens with zero attached hydrogens (tertiary/aromatic N) is 1. The Morgan fingerprint density at radius 2 is 1.80 bits per heavy atom. The summed E-state index contributed by atoms with van der Waals surface area (Å²) < 4.78 is 37.9. The van der Waals surface area contributed by atoms with Crippen LogP contribution in [0.15, 0.2) is 36.5 Å². The average molecular weight is 280 g/mol. The molecule has 20 heavy (non-hydrogen) atoms. The third kappa shape index (κ3) is 2.99. The van der Waals surface area contributed by atoms with Crippen molar-refractivity contribution in [3.63, 3.8) is 0 Å². The summed E-state index contributed by atoms with van der Waals surface area (Å²) in [5, 5.41) is 0. The lowest BCUT2D eigenvalue weighted by Gasteiger charge is -2.17. The topological polar surface area (TPSA) is 38.9 Å². The summed E-state index contributed by atoms with van der Waals surface area (Å²) in [6.45, 7) is 3.49. The van der Waals surface area contributed by atoms with Gasteiger partial charge in [-0.2, -0.15) is 13.2 Å². The van der Waals surface area contributed by atoms with Crippen molar-refractivity contribution in [3.05, 3.63) is 64.5 Å². The van der Waals surface area contributed by atoms with Gasteiger partial charge in [-0.25, -0.2) is 0 Å². The summed E-state index contributed by atoms with van der Waals surface area (Å²) in [4.78, 5) is 4.15. The van der Waals surface area contributed by atoms with Crippen LogP contribution in [0, 0.1) is 13.8 Å². The molecule has 0 saturated carbocycles. The number of nitrogens with two attached hydrogens (primary N) is 1. The first-order valence-corrected chi connectivity index (χ1v) is 6.15. The van der Waals surface area contributed by atoms with Crippen LogP contribution >= 0.6 is 0 Å². The van der Waals surface area contributed by atoms with Gasteiger partial charge in [0.1, 0.15) is 0 Å². The van der Waals surface area contributed by atoms with E-state index in [1.54, 1.807) is 13.1 Å². The van der Waals surface area contributed by atoms with Gasteiger partial charge in [0.15, 0.2) is 0 Å². The molecular formula is C15H15F3N2. The Balaban J connectivity index is 2.36. The molecule has 1 aromatic heterocycles. The van der Waals surface area contributed by atoms with Crippen LogP contribution in [0.2, 0.25) is 0 Å². The zero-order valence-electron chi connectivity index (χ0n) is 11.2. The van der Waals surface area contributed by atoms with Gasteiger partial charge in [0.05, 0.1) is 11.6 Å². The number of aromatic nitrogens is 1. The lowest BCUT2D eigenvalue weighted by atomic mass is 9.95. The van der Waals surface area contributed by atoms with Crippen LogP contribution < -0.4 is 5.73 Å². The van der Waals surface area contributed by atoms with Crippen LogP contribution in [0.25, 0.3) is 0 Å². The summed E-state index contributed by atoms with van der Waals surface area (Å²) >= 11 is 0. The standard InChI is InChI=1S/C15H15F3N2/c1-9-7-12(15(16,17)18)5-6-13(9)14(19)11-4-3-10(2)20-8-11/h3-8,14H,19H2,1-2H3. The fourth-order valence-corrected chi connectivity index (χ4v) is 2.04. The monoisotopic (exact) mass is 280 g/mol. The summed E-state index contributed by atoms with van der Waals surface area (Å²) in [7, 11) is 0. The quantitative estimate of drug-likeness (QED) is 0.909. The number of aryl methyl sites for hydroxylation is 2. The van der Waals surface area contributed by atoms with E-state index < -0.39 is 17.8 Å². The van der Waals surface area contributed by atoms with E-state index in [1.165, 1.54) is 6.07 Å². The molecule has 1 heterocycles. The molecule has 1 atom stereocenters. The highest BCUT2D eigenvalue weighted by Gasteiger charge is 2.30. The number of pyridine rings is 1. The van der Waals surface area contributed by atoms with Gasteiger partial charge in [0.25, 0.3) is 0 Å². The SMILES string of the molecule is Cc1ccc(C(N)c2ccc(C(F)(F)F)cc2C)cn1. The van der Waals surface area contributed by atoms with Crippen LogP contribution in [0.4, 0.5) is 13.2 Å². The van der Waals surface area contributed by atoms with E-state index in [-0.39, 0.29) is 0 Å². The number of alkyl halides is 3. The molecule has 2 rings (SSSR count). The largest absolute Gasteiger partial charge is 0.416 e. The minimum atomic E-state index is -4.33. The first-order chi connectivity index (χ1) is 9.29. The molecule has 1 unspecified atom stereocenters. The van der Waals surface area contributed by atoms with E-state index in [1.807, 2.05) is 19.1 Å². The maximum absolute atomic E-state index is 12.6. The molecule has 0 aliphatic heterocycles. The van der Waals surface area contributed by atoms with Crippen molar-refractivity contribution in [2.75, 3.05) is 0 Å². The van der Waals surface area contributed by atoms with Gasteiger partial charge in [-0.15, -0.1) is 0 Å². The number of benzene rings is 1. The van der Waals surface area contributed by atoms with Crippen molar-refractivity contribution in [1.29, 1.82) is 0 Å². The Bertz CT molecular complexity index is 604. The lowest BCUT2D eigenvalue weighted by molar-refractivity contribution is -0.137. The van der Waals surface area contributed by atoms with Crippen molar-refractivity contribution in [2.24, 2.45) is 5.73 Å². The number of rotatable bonds is 2. The molecule has 0 saturated heterocycles. The zero-order valence-corrected chi connectivity index (χ0v) is 11.2. The Labute approximate surface area is 115 Å². The van der Waals surface area contributed by atoms with Gasteiger partial charge in [0, 0.05) is 11.9 Å². The van der Waals surface area contributed by atoms with Gasteiger partial charge >= 0.3 is 6.18 Å². The molecule has 0 aliphatic carbocycles. The first-order valence-electron chi connectivity index (χ1n) is 6.15. The van der Waals surface area contributed by atoms with Crippen molar-refractivity contribution in [1.82, 2.24) is 4.98 Å². The summed E-state index contributed by atoms with van der Waals surface area (Å²) in [5.41, 5.74) is 8.28. The van der Waals surface area contributed by atoms with Crippen LogP contribution in [0.3, 0.4) is 0 Å². The molecule has 2 N–H and O–H groups in total. The molecule has 0 fully saturated rings. The van der Waals surface area contributed by atoms with E-state index in [0.717, 1.165) is 23.4 Å². The van der Waals surface area contributed by atoms with Crippen LogP contribution in [0.1, 0.15) is 34.0 Å². The summed E-state index contributed by atoms with van der Waals surface area (Å²) in [5.74, 6) is 0. The van der Waals surface area contributed by atoms with Gasteiger partial charge in [-0.05, 0) is 48.7 Å². The van der Waals surface area contributed by atoms with E-state index in [9.17, 15) is 13.2 Å². The fourth-order valence-electron chi connectivity index (χ4n) is 2.04. The summed E-state index contributed by atoms with van der Waals surface area (Å²) in [6, 6.07) is 6.80. The highest BCUT2D eigenvalue weighted by molar-refractivity contribution is 5.39. The Kier molecular flexibility index (Phi) is 3.81. The van der Waals surface area contributed by atoms with Gasteiger partial charge in [-0.1, -0.05) is 12.1 Å². The number of hydrogen-bond acceptors (Lipinski definition) is 2. The van der Waals surface area contributed by atoms with Gasteiger partial charge in [-0.3, -0.25) is 4.98 Å². The maximum atomic E-state index is 12.6. The average Bonchev–Trinajstić information content (AvgIpc) is 2.37. The number of hydrogen-bond donors (Lipinski definition) is 1. The molecule has 2 nitrogen and oxygen atoms in total. The Morgan fingerprint density at radius 3 is 2.30 bits per heavy atom. The predicted molar refractivity (Wildman–Crippen MR) is 71.2 cm³/mol. The van der Waals surface area contributed by atoms with Crippen LogP contribution in [0.5, 0.6) is 0 Å². The Morgan fingerprint density at radius 1 is 1.10 bits per heavy atom. The molecular weight excluding hydrogens is 265 g/mol. The minimum Gasteiger partial charge on any atom is -0.320 e. The highest BCUT2D eigenvalue weighted by Crippen LogP contribution is 2.32. The van der Waals surface area contributed by atoms with Crippen molar-refractivity contribution >= 4 is 0 Å². The molecule has 0 spiro atoms. The van der Waals surface area contributed by atoms with Crippen LogP contribution in [-0.2, 0) is 6.18 Å². The zero-order chi connectivity index (χ0) is 14.9. The van der Waals surface area contributed by atoms with Crippen molar-refractivity contribution in [2.45, 2.75) is 26.1 Å². The predicted octanol–water partition coefficient (Wildman–Crippen LogP) is 3.77. The van der Waals surface area contributed by atoms with E-state index in [2.05, 4.69) is 4.98 Å². The number of halogens is 3. The van der Waals surface area contributed by atoms with E-state index >= 15 is 0 Å². The normalized spacial score (nSPS) is 13.3. The maximum Gasteiger partial charge on any atom is 0.416 e. The molecule has 5 heteroatoms. The second-order valence-corrected chi connectivity index (χ2v) is 4.78. The van der Waals surface area contributed by atoms with E-state index in [4.69, 9.17) is 5.73 Å². The lowest BCUT2D eigenvalue weighted by Crippen LogP contribution is -2.15.